The summed E-state index contributed by atoms with van der Waals surface area (Å²) in [5.41, 5.74) is 1.95. The lowest BCUT2D eigenvalue weighted by atomic mass is 10.1. The molecule has 2 amide bonds. The Balaban J connectivity index is 2.17. The highest BCUT2D eigenvalue weighted by atomic mass is 16.5. The second kappa shape index (κ2) is 10.3. The number of aryl methyl sites for hydroxylation is 2. The van der Waals surface area contributed by atoms with E-state index in [1.807, 2.05) is 0 Å². The molecule has 4 N–H and O–H groups in total. The maximum atomic E-state index is 12.1. The highest BCUT2D eigenvalue weighted by Gasteiger charge is 2.15. The Kier molecular flexibility index (Phi) is 7.80. The number of hydrogen-bond donors (Lipinski definition) is 4. The molecule has 2 aromatic rings. The number of ether oxygens (including phenoxy) is 1. The molecule has 2 rings (SSSR count). The van der Waals surface area contributed by atoms with Crippen LogP contribution in [0.3, 0.4) is 0 Å². The first-order valence-electron chi connectivity index (χ1n) is 9.67. The van der Waals surface area contributed by atoms with Gasteiger partial charge in [-0.3, -0.25) is 9.59 Å². The molecule has 0 fully saturated rings. The number of hydrogen-bond acceptors (Lipinski definition) is 5. The largest absolute Gasteiger partial charge is 0.506 e. The molecule has 0 aliphatic heterocycles. The summed E-state index contributed by atoms with van der Waals surface area (Å²) in [5.74, 6) is -2.01. The van der Waals surface area contributed by atoms with Crippen LogP contribution in [0.25, 0.3) is 0 Å². The van der Waals surface area contributed by atoms with E-state index in [2.05, 4.69) is 17.6 Å². The van der Waals surface area contributed by atoms with Crippen LogP contribution in [0.4, 0.5) is 11.4 Å². The molecule has 0 unspecified atom stereocenters. The fraction of sp³-hybridized carbons (Fsp3) is 0.318. The minimum Gasteiger partial charge on any atom is -0.506 e. The van der Waals surface area contributed by atoms with Gasteiger partial charge in [-0.25, -0.2) is 4.79 Å². The fourth-order valence-electron chi connectivity index (χ4n) is 2.91. The first-order valence-corrected chi connectivity index (χ1v) is 9.67. The Morgan fingerprint density at radius 2 is 1.67 bits per heavy atom. The van der Waals surface area contributed by atoms with Crippen LogP contribution in [0.1, 0.15) is 43.7 Å². The van der Waals surface area contributed by atoms with Gasteiger partial charge in [-0.05, 0) is 55.7 Å². The number of aromatic hydroxyl groups is 1. The van der Waals surface area contributed by atoms with Gasteiger partial charge in [0.25, 0.3) is 0 Å². The van der Waals surface area contributed by atoms with E-state index in [1.165, 1.54) is 12.1 Å². The van der Waals surface area contributed by atoms with Gasteiger partial charge in [0.2, 0.25) is 5.91 Å². The van der Waals surface area contributed by atoms with Crippen molar-refractivity contribution in [2.45, 2.75) is 46.5 Å². The van der Waals surface area contributed by atoms with Gasteiger partial charge in [0.15, 0.2) is 0 Å². The van der Waals surface area contributed by atoms with E-state index in [0.717, 1.165) is 19.3 Å². The van der Waals surface area contributed by atoms with Crippen molar-refractivity contribution in [3.8, 4) is 17.2 Å². The van der Waals surface area contributed by atoms with Gasteiger partial charge in [-0.1, -0.05) is 19.8 Å². The lowest BCUT2D eigenvalue weighted by Gasteiger charge is -2.15. The minimum absolute atomic E-state index is 0.0635. The van der Waals surface area contributed by atoms with Crippen LogP contribution in [-0.2, 0) is 14.4 Å². The van der Waals surface area contributed by atoms with Crippen LogP contribution in [0, 0.1) is 13.8 Å². The first-order chi connectivity index (χ1) is 14.2. The molecule has 30 heavy (non-hydrogen) atoms. The maximum Gasteiger partial charge on any atom is 0.394 e. The number of rotatable bonds is 8. The number of carbonyl (C=O) groups excluding carboxylic acids is 2. The van der Waals surface area contributed by atoms with E-state index < -0.39 is 11.9 Å². The number of anilines is 2. The van der Waals surface area contributed by atoms with Crippen molar-refractivity contribution >= 4 is 29.2 Å². The summed E-state index contributed by atoms with van der Waals surface area (Å²) >= 11 is 0. The van der Waals surface area contributed by atoms with E-state index in [-0.39, 0.29) is 17.3 Å². The quantitative estimate of drug-likeness (QED) is 0.289. The number of nitrogens with one attached hydrogen (secondary N) is 2. The number of carbonyl (C=O) groups is 3. The van der Waals surface area contributed by atoms with Crippen LogP contribution in [0.15, 0.2) is 30.3 Å². The zero-order chi connectivity index (χ0) is 22.3. The van der Waals surface area contributed by atoms with Gasteiger partial charge in [0.05, 0.1) is 5.69 Å². The minimum atomic E-state index is -1.57. The van der Waals surface area contributed by atoms with Crippen molar-refractivity contribution < 1.29 is 29.3 Å². The zero-order valence-corrected chi connectivity index (χ0v) is 17.2. The van der Waals surface area contributed by atoms with Crippen LogP contribution >= 0.6 is 0 Å². The molecule has 0 spiro atoms. The third-order valence-corrected chi connectivity index (χ3v) is 4.38. The predicted octanol–water partition coefficient (Wildman–Crippen LogP) is 4.34. The van der Waals surface area contributed by atoms with Crippen LogP contribution < -0.4 is 15.4 Å². The molecule has 0 aromatic heterocycles. The number of amides is 2. The average molecular weight is 414 g/mol. The first kappa shape index (κ1) is 22.7. The van der Waals surface area contributed by atoms with E-state index >= 15 is 0 Å². The van der Waals surface area contributed by atoms with Crippen molar-refractivity contribution in [2.75, 3.05) is 10.6 Å². The third kappa shape index (κ3) is 6.23. The summed E-state index contributed by atoms with van der Waals surface area (Å²) in [6.45, 7) is 5.58. The SMILES string of the molecule is CCCCCC(=O)Nc1cc(Oc2c(C)cc(NC(=O)C(=O)O)cc2C)ccc1O. The second-order valence-corrected chi connectivity index (χ2v) is 6.98. The molecule has 8 heteroatoms. The number of carboxylic acids is 1. The standard InChI is InChI=1S/C22H26N2O6/c1-4-5-6-7-19(26)24-17-12-16(8-9-18(17)25)30-20-13(2)10-15(11-14(20)3)23-21(27)22(28)29/h8-12,25H,4-7H2,1-3H3,(H,23,27)(H,24,26)(H,28,29). The van der Waals surface area contributed by atoms with Crippen molar-refractivity contribution in [3.05, 3.63) is 41.5 Å². The number of unbranched alkanes of at least 4 members (excludes halogenated alkanes) is 2. The van der Waals surface area contributed by atoms with Gasteiger partial charge in [0.1, 0.15) is 17.2 Å². The molecule has 0 aliphatic rings. The molecule has 8 nitrogen and oxygen atoms in total. The van der Waals surface area contributed by atoms with E-state index in [9.17, 15) is 19.5 Å². The molecule has 0 heterocycles. The van der Waals surface area contributed by atoms with Gasteiger partial charge in [-0.15, -0.1) is 0 Å². The molecular formula is C22H26N2O6. The summed E-state index contributed by atoms with van der Waals surface area (Å²) in [7, 11) is 0. The Bertz CT molecular complexity index is 932. The molecule has 0 atom stereocenters. The Hall–Kier alpha value is -3.55. The van der Waals surface area contributed by atoms with E-state index in [1.54, 1.807) is 32.0 Å². The lowest BCUT2D eigenvalue weighted by molar-refractivity contribution is -0.147. The molecule has 0 bridgehead atoms. The number of carboxylic acid groups (broad SMARTS) is 1. The molecule has 2 aromatic carbocycles. The van der Waals surface area contributed by atoms with Crippen LogP contribution in [0.2, 0.25) is 0 Å². The molecule has 0 radical (unpaired) electrons. The highest BCUT2D eigenvalue weighted by Crippen LogP contribution is 2.35. The summed E-state index contributed by atoms with van der Waals surface area (Å²) < 4.78 is 5.93. The molecular weight excluding hydrogens is 388 g/mol. The Labute approximate surface area is 174 Å². The topological polar surface area (TPSA) is 125 Å². The lowest BCUT2D eigenvalue weighted by Crippen LogP contribution is -2.21. The Morgan fingerprint density at radius 3 is 2.27 bits per heavy atom. The summed E-state index contributed by atoms with van der Waals surface area (Å²) in [6.07, 6.45) is 3.13. The van der Waals surface area contributed by atoms with Gasteiger partial charge < -0.3 is 25.6 Å². The van der Waals surface area contributed by atoms with Crippen LogP contribution in [-0.4, -0.2) is 28.0 Å². The predicted molar refractivity (Wildman–Crippen MR) is 113 cm³/mol. The second-order valence-electron chi connectivity index (χ2n) is 6.98. The van der Waals surface area contributed by atoms with Crippen molar-refractivity contribution in [1.29, 1.82) is 0 Å². The van der Waals surface area contributed by atoms with Crippen molar-refractivity contribution in [1.82, 2.24) is 0 Å². The molecule has 160 valence electrons. The van der Waals surface area contributed by atoms with Gasteiger partial charge >= 0.3 is 11.9 Å². The summed E-state index contributed by atoms with van der Waals surface area (Å²) in [6, 6.07) is 7.73. The maximum absolute atomic E-state index is 12.1. The molecule has 0 saturated carbocycles. The summed E-state index contributed by atoms with van der Waals surface area (Å²) in [5, 5.41) is 23.7. The van der Waals surface area contributed by atoms with Crippen molar-refractivity contribution in [3.63, 3.8) is 0 Å². The number of aliphatic carboxylic acids is 1. The van der Waals surface area contributed by atoms with E-state index in [4.69, 9.17) is 9.84 Å². The van der Waals surface area contributed by atoms with Crippen LogP contribution in [0.5, 0.6) is 17.2 Å². The average Bonchev–Trinajstić information content (AvgIpc) is 2.67. The fourth-order valence-corrected chi connectivity index (χ4v) is 2.91. The normalized spacial score (nSPS) is 10.4. The zero-order valence-electron chi connectivity index (χ0n) is 17.2. The smallest absolute Gasteiger partial charge is 0.394 e. The highest BCUT2D eigenvalue weighted by molar-refractivity contribution is 6.36. The number of phenolic OH excluding ortho intramolecular Hbond substituents is 1. The van der Waals surface area contributed by atoms with Gasteiger partial charge in [0, 0.05) is 18.2 Å². The molecule has 0 aliphatic carbocycles. The van der Waals surface area contributed by atoms with Crippen molar-refractivity contribution in [2.24, 2.45) is 0 Å². The van der Waals surface area contributed by atoms with E-state index in [0.29, 0.717) is 34.7 Å². The number of phenols is 1. The van der Waals surface area contributed by atoms with Gasteiger partial charge in [-0.2, -0.15) is 0 Å². The number of benzene rings is 2. The third-order valence-electron chi connectivity index (χ3n) is 4.38. The monoisotopic (exact) mass is 414 g/mol. The Morgan fingerprint density at radius 1 is 1.00 bits per heavy atom. The molecule has 0 saturated heterocycles. The summed E-state index contributed by atoms with van der Waals surface area (Å²) in [4.78, 5) is 34.1.